The van der Waals surface area contributed by atoms with Gasteiger partial charge in [0.25, 0.3) is 0 Å². The molecule has 58 heavy (non-hydrogen) atoms. The number of hydrogen-bond acceptors (Lipinski definition) is 0. The van der Waals surface area contributed by atoms with Crippen molar-refractivity contribution in [2.24, 2.45) is 0 Å². The first kappa shape index (κ1) is 46.9. The molecule has 0 saturated heterocycles. The van der Waals surface area contributed by atoms with Crippen molar-refractivity contribution in [3.63, 3.8) is 0 Å². The molecule has 0 unspecified atom stereocenters. The predicted molar refractivity (Wildman–Crippen MR) is 245 cm³/mol. The molecule has 0 radical (unpaired) electrons. The normalized spacial score (nSPS) is 11.1. The zero-order valence-electron chi connectivity index (χ0n) is 35.8. The Morgan fingerprint density at radius 3 is 0.862 bits per heavy atom. The van der Waals surface area contributed by atoms with E-state index in [4.69, 9.17) is 0 Å². The zero-order chi connectivity index (χ0) is 40.2. The quantitative estimate of drug-likeness (QED) is 0.122. The van der Waals surface area contributed by atoms with Gasteiger partial charge in [0.15, 0.2) is 0 Å². The Morgan fingerprint density at radius 2 is 0.621 bits per heavy atom. The van der Waals surface area contributed by atoms with E-state index >= 15 is 0 Å². The van der Waals surface area contributed by atoms with Crippen LogP contribution in [0.15, 0.2) is 158 Å². The molecule has 4 heteroatoms. The van der Waals surface area contributed by atoms with Gasteiger partial charge in [-0.3, -0.25) is 0 Å². The van der Waals surface area contributed by atoms with Crippen LogP contribution in [-0.4, -0.2) is 5.43 Å². The standard InChI is InChI=1S/2C26H25.C2H6Si.2ClH.Zr/c2*1-18-24(26(2,3)4)17-23-21(19-11-7-5-8-12-19)15-16-22(25(18)23)20-13-9-6-10-14-20;1-3-2;;;/h2*5-17H,1-4H3;1-2H3;2*1H;/q2*-1;;;;+2/p-2. The molecule has 0 amide bonds. The average Bonchev–Trinajstić information content (AvgIpc) is 3.73. The molecule has 8 aromatic rings. The summed E-state index contributed by atoms with van der Waals surface area (Å²) in [5.41, 5.74) is 16.6. The summed E-state index contributed by atoms with van der Waals surface area (Å²) < 4.78 is 0. The Morgan fingerprint density at radius 1 is 0.397 bits per heavy atom. The first-order valence-electron chi connectivity index (χ1n) is 19.9. The number of fused-ring (bicyclic) bond motifs is 2. The number of halogens is 2. The van der Waals surface area contributed by atoms with E-state index in [0.29, 0.717) is 0 Å². The first-order chi connectivity index (χ1) is 26.7. The van der Waals surface area contributed by atoms with E-state index < -0.39 is 0 Å². The Balaban J connectivity index is 0.000000228. The topological polar surface area (TPSA) is 0 Å². The molecule has 0 nitrogen and oxygen atoms in total. The maximum atomic E-state index is 2.42. The van der Waals surface area contributed by atoms with Gasteiger partial charge in [-0.15, -0.1) is 44.8 Å². The van der Waals surface area contributed by atoms with E-state index in [1.54, 1.807) is 23.3 Å². The SMILES string of the molecule is C[Si](C)=[Zr+2].Cc1c(C(C)(C)C)[cH-]c2c(-c3ccccc3)ccc(-c3ccccc3)c12.Cc1c(C(C)(C)C)[cH-]c2c(-c3ccccc3)ccc(-c3ccccc3)c12.[Cl-].[Cl-]. The number of hydrogen-bond donors (Lipinski definition) is 0. The zero-order valence-corrected chi connectivity index (χ0v) is 40.7. The minimum Gasteiger partial charge on any atom is -1.00 e. The third-order valence-corrected chi connectivity index (χ3v) is 10.6. The molecule has 0 bridgehead atoms. The van der Waals surface area contributed by atoms with Gasteiger partial charge in [0.2, 0.25) is 0 Å². The van der Waals surface area contributed by atoms with Gasteiger partial charge in [0.05, 0.1) is 0 Å². The maximum absolute atomic E-state index is 2.42. The first-order valence-corrected chi connectivity index (χ1v) is 26.1. The summed E-state index contributed by atoms with van der Waals surface area (Å²) in [4.78, 5) is 0. The molecule has 0 heterocycles. The largest absolute Gasteiger partial charge is 1.00 e. The molecule has 0 N–H and O–H groups in total. The van der Waals surface area contributed by atoms with Crippen LogP contribution >= 0.6 is 0 Å². The van der Waals surface area contributed by atoms with Crippen molar-refractivity contribution in [2.75, 3.05) is 0 Å². The van der Waals surface area contributed by atoms with E-state index in [1.807, 2.05) is 0 Å². The molecule has 296 valence electrons. The van der Waals surface area contributed by atoms with Crippen LogP contribution in [0.3, 0.4) is 0 Å². The second-order valence-corrected chi connectivity index (χ2v) is 26.6. The van der Waals surface area contributed by atoms with Crippen molar-refractivity contribution in [3.8, 4) is 44.5 Å². The van der Waals surface area contributed by atoms with E-state index in [0.717, 1.165) is 0 Å². The maximum Gasteiger partial charge on any atom is -0.0279 e. The molecule has 0 aliphatic heterocycles. The van der Waals surface area contributed by atoms with Crippen molar-refractivity contribution in [3.05, 3.63) is 180 Å². The van der Waals surface area contributed by atoms with E-state index in [-0.39, 0.29) is 41.1 Å². The van der Waals surface area contributed by atoms with Crippen molar-refractivity contribution in [2.45, 2.75) is 79.3 Å². The Bertz CT molecular complexity index is 2390. The van der Waals surface area contributed by atoms with Gasteiger partial charge in [-0.2, -0.15) is 11.1 Å². The molecule has 0 aromatic heterocycles. The Labute approximate surface area is 376 Å². The molecular weight excluding hydrogens is 839 g/mol. The molecular formula is C54H56Cl2SiZr-2. The number of rotatable bonds is 4. The second-order valence-electron chi connectivity index (χ2n) is 17.2. The van der Waals surface area contributed by atoms with Gasteiger partial charge >= 0.3 is 41.9 Å². The fraction of sp³-hybridized carbons (Fsp3) is 0.222. The molecule has 0 spiro atoms. The van der Waals surface area contributed by atoms with Crippen LogP contribution in [-0.2, 0) is 34.2 Å². The molecule has 0 fully saturated rings. The van der Waals surface area contributed by atoms with Crippen molar-refractivity contribution < 1.29 is 48.1 Å². The molecule has 8 aromatic carbocycles. The van der Waals surface area contributed by atoms with Gasteiger partial charge in [0, 0.05) is 0 Å². The Kier molecular flexibility index (Phi) is 16.2. The van der Waals surface area contributed by atoms with Gasteiger partial charge < -0.3 is 24.8 Å². The Hall–Kier alpha value is -3.78. The second kappa shape index (κ2) is 20.0. The summed E-state index contributed by atoms with van der Waals surface area (Å²) >= 11 is 1.74. The third kappa shape index (κ3) is 10.5. The fourth-order valence-corrected chi connectivity index (χ4v) is 8.13. The average molecular weight is 895 g/mol. The third-order valence-electron chi connectivity index (χ3n) is 10.6. The van der Waals surface area contributed by atoms with Crippen molar-refractivity contribution >= 4 is 27.0 Å². The van der Waals surface area contributed by atoms with Gasteiger partial charge in [-0.05, 0) is 22.0 Å². The summed E-state index contributed by atoms with van der Waals surface area (Å²) in [6, 6.07) is 56.9. The molecule has 8 rings (SSSR count). The molecule has 0 saturated carbocycles. The van der Waals surface area contributed by atoms with E-state index in [9.17, 15) is 0 Å². The van der Waals surface area contributed by atoms with Gasteiger partial charge in [0.1, 0.15) is 0 Å². The van der Waals surface area contributed by atoms with Crippen LogP contribution in [0.4, 0.5) is 0 Å². The van der Waals surface area contributed by atoms with Crippen LogP contribution in [0.25, 0.3) is 66.1 Å². The summed E-state index contributed by atoms with van der Waals surface area (Å²) in [6.45, 7) is 23.0. The van der Waals surface area contributed by atoms with Crippen molar-refractivity contribution in [1.29, 1.82) is 0 Å². The van der Waals surface area contributed by atoms with Crippen LogP contribution in [0.5, 0.6) is 0 Å². The van der Waals surface area contributed by atoms with Gasteiger partial charge in [-0.1, -0.05) is 234 Å². The predicted octanol–water partition coefficient (Wildman–Crippen LogP) is 9.79. The minimum absolute atomic E-state index is 0. The minimum atomic E-state index is 0. The molecule has 0 atom stereocenters. The number of benzene rings is 6. The van der Waals surface area contributed by atoms with Crippen LogP contribution < -0.4 is 24.8 Å². The summed E-state index contributed by atoms with van der Waals surface area (Å²) in [5.74, 6) is 0. The number of aryl methyl sites for hydroxylation is 2. The van der Waals surface area contributed by atoms with Crippen molar-refractivity contribution in [1.82, 2.24) is 0 Å². The summed E-state index contributed by atoms with van der Waals surface area (Å²) in [7, 11) is 0. The van der Waals surface area contributed by atoms with E-state index in [2.05, 4.69) is 226 Å². The van der Waals surface area contributed by atoms with Gasteiger partial charge in [-0.25, -0.2) is 0 Å². The van der Waals surface area contributed by atoms with E-state index in [1.165, 1.54) is 88.3 Å². The van der Waals surface area contributed by atoms with Crippen LogP contribution in [0, 0.1) is 13.8 Å². The smallest absolute Gasteiger partial charge is 0.0279 e. The summed E-state index contributed by atoms with van der Waals surface area (Å²) in [6.07, 6.45) is 0. The van der Waals surface area contributed by atoms with Crippen LogP contribution in [0.2, 0.25) is 13.1 Å². The molecule has 0 aliphatic rings. The van der Waals surface area contributed by atoms with Crippen LogP contribution in [0.1, 0.15) is 63.8 Å². The molecule has 0 aliphatic carbocycles. The summed E-state index contributed by atoms with van der Waals surface area (Å²) in [5, 5.41) is 5.50. The monoisotopic (exact) mass is 892 g/mol. The fourth-order valence-electron chi connectivity index (χ4n) is 8.13.